The van der Waals surface area contributed by atoms with Gasteiger partial charge in [-0.1, -0.05) is 12.1 Å². The van der Waals surface area contributed by atoms with Crippen LogP contribution in [0.5, 0.6) is 11.5 Å². The topological polar surface area (TPSA) is 64.8 Å². The van der Waals surface area contributed by atoms with Crippen LogP contribution in [0.3, 0.4) is 0 Å². The highest BCUT2D eigenvalue weighted by atomic mass is 16.5. The van der Waals surface area contributed by atoms with Gasteiger partial charge in [-0.3, -0.25) is 4.79 Å². The molecule has 0 heterocycles. The van der Waals surface area contributed by atoms with Crippen LogP contribution in [0, 0.1) is 0 Å². The molecule has 0 aliphatic heterocycles. The monoisotopic (exact) mass is 294 g/mol. The van der Waals surface area contributed by atoms with Crippen LogP contribution in [-0.2, 0) is 11.2 Å². The molecule has 21 heavy (non-hydrogen) atoms. The van der Waals surface area contributed by atoms with Crippen molar-refractivity contribution in [3.8, 4) is 11.5 Å². The number of rotatable bonds is 7. The normalized spacial score (nSPS) is 13.4. The van der Waals surface area contributed by atoms with Crippen LogP contribution >= 0.6 is 0 Å². The molecule has 2 N–H and O–H groups in total. The van der Waals surface area contributed by atoms with Crippen LogP contribution in [0.25, 0.3) is 0 Å². The van der Waals surface area contributed by atoms with Crippen molar-refractivity contribution in [2.45, 2.75) is 39.3 Å². The fraction of sp³-hybridized carbons (Fsp3) is 0.562. The van der Waals surface area contributed by atoms with Crippen molar-refractivity contribution >= 4 is 5.91 Å². The van der Waals surface area contributed by atoms with Gasteiger partial charge in [-0.2, -0.15) is 0 Å². The first-order valence-electron chi connectivity index (χ1n) is 7.24. The number of benzene rings is 1. The number of hydrogen-bond donors (Lipinski definition) is 1. The van der Waals surface area contributed by atoms with E-state index in [1.807, 2.05) is 32.0 Å². The molecule has 0 spiro atoms. The minimum absolute atomic E-state index is 0.00378. The zero-order valence-corrected chi connectivity index (χ0v) is 13.6. The number of nitrogens with zero attached hydrogens (tertiary/aromatic N) is 1. The number of nitrogens with two attached hydrogens (primary N) is 1. The Morgan fingerprint density at radius 3 is 2.52 bits per heavy atom. The molecule has 0 aromatic heterocycles. The summed E-state index contributed by atoms with van der Waals surface area (Å²) in [6.45, 7) is 6.12. The van der Waals surface area contributed by atoms with E-state index in [0.29, 0.717) is 24.5 Å². The van der Waals surface area contributed by atoms with Crippen molar-refractivity contribution in [3.05, 3.63) is 23.8 Å². The highest BCUT2D eigenvalue weighted by Gasteiger charge is 2.21. The van der Waals surface area contributed by atoms with Gasteiger partial charge in [-0.15, -0.1) is 0 Å². The van der Waals surface area contributed by atoms with Crippen LogP contribution in [0.15, 0.2) is 18.2 Å². The number of hydrogen-bond acceptors (Lipinski definition) is 4. The van der Waals surface area contributed by atoms with Crippen LogP contribution in [0.1, 0.15) is 26.3 Å². The molecule has 5 heteroatoms. The Hall–Kier alpha value is -1.75. The third kappa shape index (κ3) is 4.93. The van der Waals surface area contributed by atoms with E-state index < -0.39 is 6.10 Å². The minimum atomic E-state index is -0.576. The van der Waals surface area contributed by atoms with Crippen LogP contribution in [-0.4, -0.2) is 43.7 Å². The smallest absolute Gasteiger partial charge is 0.262 e. The molecule has 1 aromatic carbocycles. The highest BCUT2D eigenvalue weighted by molar-refractivity contribution is 5.80. The zero-order valence-electron chi connectivity index (χ0n) is 13.6. The summed E-state index contributed by atoms with van der Waals surface area (Å²) in [6.07, 6.45) is 0.0903. The molecular weight excluding hydrogens is 268 g/mol. The lowest BCUT2D eigenvalue weighted by atomic mass is 10.1. The molecule has 5 nitrogen and oxygen atoms in total. The first-order valence-corrected chi connectivity index (χ1v) is 7.24. The van der Waals surface area contributed by atoms with Crippen LogP contribution < -0.4 is 15.2 Å². The van der Waals surface area contributed by atoms with Crippen molar-refractivity contribution in [3.63, 3.8) is 0 Å². The van der Waals surface area contributed by atoms with E-state index in [0.717, 1.165) is 5.56 Å². The van der Waals surface area contributed by atoms with Gasteiger partial charge in [-0.05, 0) is 38.8 Å². The molecule has 1 rings (SSSR count). The minimum Gasteiger partial charge on any atom is -0.490 e. The van der Waals surface area contributed by atoms with Crippen molar-refractivity contribution in [2.24, 2.45) is 5.73 Å². The van der Waals surface area contributed by atoms with Gasteiger partial charge in [0.1, 0.15) is 0 Å². The van der Waals surface area contributed by atoms with Crippen LogP contribution in [0.2, 0.25) is 0 Å². The molecule has 0 saturated heterocycles. The standard InChI is InChI=1S/C16H26N2O3/c1-6-20-14-9-7-8-13(10-11(2)17)15(14)21-12(3)16(19)18(4)5/h7-9,11-12H,6,10,17H2,1-5H3. The van der Waals surface area contributed by atoms with E-state index in [4.69, 9.17) is 15.2 Å². The Bertz CT molecular complexity index is 473. The van der Waals surface area contributed by atoms with E-state index in [9.17, 15) is 4.79 Å². The largest absolute Gasteiger partial charge is 0.490 e. The second kappa shape index (κ2) is 7.88. The van der Waals surface area contributed by atoms with Crippen molar-refractivity contribution in [2.75, 3.05) is 20.7 Å². The van der Waals surface area contributed by atoms with E-state index in [1.54, 1.807) is 21.0 Å². The number of amides is 1. The quantitative estimate of drug-likeness (QED) is 0.833. The summed E-state index contributed by atoms with van der Waals surface area (Å²) >= 11 is 0. The van der Waals surface area contributed by atoms with Crippen molar-refractivity contribution in [1.82, 2.24) is 4.90 Å². The molecule has 118 valence electrons. The fourth-order valence-corrected chi connectivity index (χ4v) is 2.06. The predicted molar refractivity (Wildman–Crippen MR) is 83.7 cm³/mol. The lowest BCUT2D eigenvalue weighted by molar-refractivity contribution is -0.135. The van der Waals surface area contributed by atoms with Gasteiger partial charge < -0.3 is 20.1 Å². The maximum atomic E-state index is 12.0. The van der Waals surface area contributed by atoms with Gasteiger partial charge in [0.15, 0.2) is 17.6 Å². The number of para-hydroxylation sites is 1. The van der Waals surface area contributed by atoms with Gasteiger partial charge in [0.2, 0.25) is 0 Å². The van der Waals surface area contributed by atoms with Gasteiger partial charge in [0.05, 0.1) is 6.61 Å². The molecule has 0 aliphatic rings. The van der Waals surface area contributed by atoms with Gasteiger partial charge >= 0.3 is 0 Å². The Kier molecular flexibility index (Phi) is 6.49. The van der Waals surface area contributed by atoms with Gasteiger partial charge in [-0.25, -0.2) is 0 Å². The molecule has 1 aromatic rings. The third-order valence-electron chi connectivity index (χ3n) is 2.99. The molecular formula is C16H26N2O3. The molecule has 2 unspecified atom stereocenters. The molecule has 0 aliphatic carbocycles. The van der Waals surface area contributed by atoms with E-state index >= 15 is 0 Å². The Labute approximate surface area is 127 Å². The first kappa shape index (κ1) is 17.3. The maximum absolute atomic E-state index is 12.0. The molecule has 0 radical (unpaired) electrons. The average molecular weight is 294 g/mol. The summed E-state index contributed by atoms with van der Waals surface area (Å²) < 4.78 is 11.5. The van der Waals surface area contributed by atoms with E-state index in [-0.39, 0.29) is 11.9 Å². The van der Waals surface area contributed by atoms with Gasteiger partial charge in [0, 0.05) is 20.1 Å². The number of likely N-dealkylation sites (N-methyl/N-ethyl adjacent to an activating group) is 1. The number of carbonyl (C=O) groups excluding carboxylic acids is 1. The van der Waals surface area contributed by atoms with Gasteiger partial charge in [0.25, 0.3) is 5.91 Å². The maximum Gasteiger partial charge on any atom is 0.262 e. The van der Waals surface area contributed by atoms with E-state index in [2.05, 4.69) is 0 Å². The van der Waals surface area contributed by atoms with Crippen molar-refractivity contribution < 1.29 is 14.3 Å². The summed E-state index contributed by atoms with van der Waals surface area (Å²) in [5.74, 6) is 1.17. The summed E-state index contributed by atoms with van der Waals surface area (Å²) in [7, 11) is 3.42. The first-order chi connectivity index (χ1) is 9.86. The SMILES string of the molecule is CCOc1cccc(CC(C)N)c1OC(C)C(=O)N(C)C. The number of ether oxygens (including phenoxy) is 2. The molecule has 0 bridgehead atoms. The predicted octanol–water partition coefficient (Wildman–Crippen LogP) is 1.83. The lowest BCUT2D eigenvalue weighted by Gasteiger charge is -2.22. The Balaban J connectivity index is 3.07. The summed E-state index contributed by atoms with van der Waals surface area (Å²) in [6, 6.07) is 5.71. The van der Waals surface area contributed by atoms with E-state index in [1.165, 1.54) is 4.90 Å². The lowest BCUT2D eigenvalue weighted by Crippen LogP contribution is -2.35. The highest BCUT2D eigenvalue weighted by Crippen LogP contribution is 2.33. The molecule has 2 atom stereocenters. The summed E-state index contributed by atoms with van der Waals surface area (Å²) in [4.78, 5) is 13.5. The van der Waals surface area contributed by atoms with Crippen molar-refractivity contribution in [1.29, 1.82) is 0 Å². The summed E-state index contributed by atoms with van der Waals surface area (Å²) in [5.41, 5.74) is 6.84. The molecule has 0 fully saturated rings. The third-order valence-corrected chi connectivity index (χ3v) is 2.99. The second-order valence-corrected chi connectivity index (χ2v) is 5.35. The average Bonchev–Trinajstić information content (AvgIpc) is 2.40. The van der Waals surface area contributed by atoms with Crippen LogP contribution in [0.4, 0.5) is 0 Å². The summed E-state index contributed by atoms with van der Waals surface area (Å²) in [5, 5.41) is 0. The molecule has 1 amide bonds. The number of carbonyl (C=O) groups is 1. The zero-order chi connectivity index (χ0) is 16.0. The molecule has 0 saturated carbocycles. The fourth-order valence-electron chi connectivity index (χ4n) is 2.06. The second-order valence-electron chi connectivity index (χ2n) is 5.35. The Morgan fingerprint density at radius 2 is 2.00 bits per heavy atom. The Morgan fingerprint density at radius 1 is 1.33 bits per heavy atom.